The van der Waals surface area contributed by atoms with Crippen LogP contribution in [0.25, 0.3) is 0 Å². The van der Waals surface area contributed by atoms with E-state index < -0.39 is 11.9 Å². The molecule has 2 N–H and O–H groups in total. The molecule has 0 spiro atoms. The van der Waals surface area contributed by atoms with Gasteiger partial charge in [-0.15, -0.1) is 11.3 Å². The van der Waals surface area contributed by atoms with Crippen molar-refractivity contribution in [2.75, 3.05) is 0 Å². The van der Waals surface area contributed by atoms with Crippen molar-refractivity contribution in [1.82, 2.24) is 20.5 Å². The number of nitrogens with one attached hydrogen (secondary N) is 2. The first-order valence-corrected chi connectivity index (χ1v) is 13.9. The summed E-state index contributed by atoms with van der Waals surface area (Å²) in [7, 11) is 0. The van der Waals surface area contributed by atoms with E-state index in [0.717, 1.165) is 30.2 Å². The lowest BCUT2D eigenvalue weighted by Crippen LogP contribution is -2.52. The van der Waals surface area contributed by atoms with Gasteiger partial charge in [0.05, 0.1) is 12.2 Å². The molecule has 9 nitrogen and oxygen atoms in total. The highest BCUT2D eigenvalue weighted by Gasteiger charge is 2.58. The zero-order valence-corrected chi connectivity index (χ0v) is 21.1. The molecule has 0 radical (unpaired) electrons. The standard InChI is InChI=1S/C27H28N4O5S/c32-22-5-4-20(23(33)29-22)31-11-19-18(26(31)35)2-1-3-21(19)36-12-17-13-37-25(28-17)24(34)30-27-9-14-6-15(10-27)8-16(27)7-14/h1-3,13-16,20H,4-12H2,(H,30,34)(H,29,32,33). The molecule has 192 valence electrons. The summed E-state index contributed by atoms with van der Waals surface area (Å²) in [5.74, 6) is 1.63. The predicted molar refractivity (Wildman–Crippen MR) is 133 cm³/mol. The number of piperidine rings is 1. The van der Waals surface area contributed by atoms with Gasteiger partial charge in [-0.3, -0.25) is 24.5 Å². The van der Waals surface area contributed by atoms with Crippen molar-refractivity contribution in [2.24, 2.45) is 17.8 Å². The molecule has 3 atom stereocenters. The number of fused-ring (bicyclic) bond motifs is 1. The lowest BCUT2D eigenvalue weighted by Gasteiger charge is -2.33. The third-order valence-corrected chi connectivity index (χ3v) is 9.90. The minimum absolute atomic E-state index is 0.0292. The zero-order valence-electron chi connectivity index (χ0n) is 20.3. The van der Waals surface area contributed by atoms with Gasteiger partial charge in [-0.1, -0.05) is 6.07 Å². The van der Waals surface area contributed by atoms with Crippen molar-refractivity contribution in [3.8, 4) is 5.75 Å². The van der Waals surface area contributed by atoms with Crippen molar-refractivity contribution in [1.29, 1.82) is 0 Å². The number of ether oxygens (including phenoxy) is 1. The van der Waals surface area contributed by atoms with E-state index in [9.17, 15) is 19.2 Å². The van der Waals surface area contributed by atoms with Crippen molar-refractivity contribution in [3.63, 3.8) is 0 Å². The number of nitrogens with zero attached hydrogens (tertiary/aromatic N) is 2. The first-order chi connectivity index (χ1) is 17.9. The number of carbonyl (C=O) groups excluding carboxylic acids is 4. The maximum absolute atomic E-state index is 13.1. The van der Waals surface area contributed by atoms with Crippen LogP contribution < -0.4 is 15.4 Å². The molecule has 3 heterocycles. The van der Waals surface area contributed by atoms with E-state index in [2.05, 4.69) is 15.6 Å². The van der Waals surface area contributed by atoms with Crippen LogP contribution in [-0.4, -0.2) is 45.1 Å². The minimum Gasteiger partial charge on any atom is -0.487 e. The minimum atomic E-state index is -0.672. The van der Waals surface area contributed by atoms with Gasteiger partial charge in [0.25, 0.3) is 11.8 Å². The van der Waals surface area contributed by atoms with Gasteiger partial charge in [0.15, 0.2) is 5.01 Å². The highest BCUT2D eigenvalue weighted by atomic mass is 32.1. The van der Waals surface area contributed by atoms with Crippen molar-refractivity contribution in [2.45, 2.75) is 69.7 Å². The molecule has 2 aliphatic heterocycles. The molecule has 37 heavy (non-hydrogen) atoms. The Kier molecular flexibility index (Phi) is 5.18. The third-order valence-electron chi connectivity index (χ3n) is 9.01. The van der Waals surface area contributed by atoms with E-state index in [4.69, 9.17) is 4.74 Å². The van der Waals surface area contributed by atoms with Crippen LogP contribution in [0.2, 0.25) is 0 Å². The number of thiazole rings is 1. The van der Waals surface area contributed by atoms with E-state index in [1.165, 1.54) is 35.5 Å². The third kappa shape index (κ3) is 3.75. The second-order valence-electron chi connectivity index (χ2n) is 11.3. The summed E-state index contributed by atoms with van der Waals surface area (Å²) in [5, 5.41) is 7.99. The Morgan fingerprint density at radius 1 is 1.19 bits per heavy atom. The Bertz CT molecular complexity index is 1320. The maximum Gasteiger partial charge on any atom is 0.280 e. The molecule has 6 aliphatic rings. The molecule has 3 unspecified atom stereocenters. The Morgan fingerprint density at radius 3 is 2.78 bits per heavy atom. The molecular formula is C27H28N4O5S. The molecule has 5 fully saturated rings. The monoisotopic (exact) mass is 520 g/mol. The normalized spacial score (nSPS) is 31.6. The zero-order chi connectivity index (χ0) is 25.3. The highest BCUT2D eigenvalue weighted by Crippen LogP contribution is 2.60. The average Bonchev–Trinajstić information content (AvgIpc) is 3.58. The molecule has 1 aromatic heterocycles. The van der Waals surface area contributed by atoms with Gasteiger partial charge >= 0.3 is 0 Å². The van der Waals surface area contributed by atoms with Crippen molar-refractivity contribution in [3.05, 3.63) is 45.4 Å². The summed E-state index contributed by atoms with van der Waals surface area (Å²) >= 11 is 1.33. The molecule has 2 aromatic rings. The Morgan fingerprint density at radius 2 is 2.00 bits per heavy atom. The Labute approximate surface area is 218 Å². The number of rotatable bonds is 6. The number of hydrogen-bond acceptors (Lipinski definition) is 7. The Hall–Kier alpha value is -3.27. The summed E-state index contributed by atoms with van der Waals surface area (Å²) in [6.45, 7) is 0.414. The second-order valence-corrected chi connectivity index (χ2v) is 12.1. The first-order valence-electron chi connectivity index (χ1n) is 13.0. The van der Waals surface area contributed by atoms with Crippen LogP contribution in [0.15, 0.2) is 23.6 Å². The summed E-state index contributed by atoms with van der Waals surface area (Å²) in [6, 6.07) is 4.60. The number of imide groups is 1. The van der Waals surface area contributed by atoms with Crippen LogP contribution in [-0.2, 0) is 22.7 Å². The van der Waals surface area contributed by atoms with E-state index in [0.29, 0.717) is 34.4 Å². The highest BCUT2D eigenvalue weighted by molar-refractivity contribution is 7.11. The molecule has 4 aliphatic carbocycles. The fraction of sp³-hybridized carbons (Fsp3) is 0.519. The maximum atomic E-state index is 13.1. The van der Waals surface area contributed by atoms with Gasteiger partial charge in [0.1, 0.15) is 18.4 Å². The first kappa shape index (κ1) is 22.9. The summed E-state index contributed by atoms with van der Waals surface area (Å²) in [4.78, 5) is 56.0. The topological polar surface area (TPSA) is 118 Å². The van der Waals surface area contributed by atoms with Crippen LogP contribution in [0.5, 0.6) is 5.75 Å². The van der Waals surface area contributed by atoms with Crippen LogP contribution in [0.3, 0.4) is 0 Å². The molecule has 10 heteroatoms. The fourth-order valence-corrected chi connectivity index (χ4v) is 8.30. The van der Waals surface area contributed by atoms with Gasteiger partial charge in [-0.25, -0.2) is 4.98 Å². The van der Waals surface area contributed by atoms with Crippen LogP contribution in [0.1, 0.15) is 76.4 Å². The lowest BCUT2D eigenvalue weighted by atomic mass is 9.80. The number of benzene rings is 1. The van der Waals surface area contributed by atoms with Gasteiger partial charge in [0.2, 0.25) is 11.8 Å². The second kappa shape index (κ2) is 8.37. The SMILES string of the molecule is O=C1CCC(N2Cc3c(OCc4csc(C(=O)NC56CC7CC(CC5C7)C6)n4)cccc3C2=O)C(=O)N1. The number of aromatic nitrogens is 1. The quantitative estimate of drug-likeness (QED) is 0.566. The summed E-state index contributed by atoms with van der Waals surface area (Å²) in [5.41, 5.74) is 1.85. The molecule has 4 saturated carbocycles. The predicted octanol–water partition coefficient (Wildman–Crippen LogP) is 2.79. The number of amides is 4. The van der Waals surface area contributed by atoms with Gasteiger partial charge in [-0.2, -0.15) is 0 Å². The smallest absolute Gasteiger partial charge is 0.280 e. The number of carbonyl (C=O) groups is 4. The molecule has 1 saturated heterocycles. The van der Waals surface area contributed by atoms with Crippen LogP contribution in [0.4, 0.5) is 0 Å². The van der Waals surface area contributed by atoms with Crippen molar-refractivity contribution < 1.29 is 23.9 Å². The number of hydrogen-bond donors (Lipinski definition) is 2. The van der Waals surface area contributed by atoms with E-state index in [-0.39, 0.29) is 42.8 Å². The van der Waals surface area contributed by atoms with Crippen LogP contribution in [0, 0.1) is 17.8 Å². The molecule has 1 aromatic carbocycles. The van der Waals surface area contributed by atoms with Gasteiger partial charge in [-0.05, 0) is 68.4 Å². The van der Waals surface area contributed by atoms with Crippen LogP contribution >= 0.6 is 11.3 Å². The van der Waals surface area contributed by atoms with Gasteiger partial charge in [0, 0.05) is 28.5 Å². The van der Waals surface area contributed by atoms with E-state index >= 15 is 0 Å². The fourth-order valence-electron chi connectivity index (χ4n) is 7.60. The van der Waals surface area contributed by atoms with E-state index in [1.807, 2.05) is 5.38 Å². The largest absolute Gasteiger partial charge is 0.487 e. The van der Waals surface area contributed by atoms with E-state index in [1.54, 1.807) is 18.2 Å². The molecule has 8 rings (SSSR count). The summed E-state index contributed by atoms with van der Waals surface area (Å²) < 4.78 is 6.06. The lowest BCUT2D eigenvalue weighted by molar-refractivity contribution is -0.136. The average molecular weight is 521 g/mol. The molecule has 4 amide bonds. The Balaban J connectivity index is 1.02. The van der Waals surface area contributed by atoms with Gasteiger partial charge < -0.3 is 15.0 Å². The van der Waals surface area contributed by atoms with Crippen molar-refractivity contribution >= 4 is 35.0 Å². The summed E-state index contributed by atoms with van der Waals surface area (Å²) in [6.07, 6.45) is 6.56. The molecule has 4 bridgehead atoms. The molecular weight excluding hydrogens is 492 g/mol.